The Balaban J connectivity index is 1.21. The summed E-state index contributed by atoms with van der Waals surface area (Å²) in [6.45, 7) is 2.99. The van der Waals surface area contributed by atoms with Crippen molar-refractivity contribution in [2.24, 2.45) is 5.92 Å². The molecule has 1 atom stereocenters. The molecular formula is C27H28N6O4S. The lowest BCUT2D eigenvalue weighted by Crippen LogP contribution is -2.35. The number of benzene rings is 1. The van der Waals surface area contributed by atoms with E-state index >= 15 is 0 Å². The molecule has 1 aliphatic heterocycles. The third-order valence-corrected chi connectivity index (χ3v) is 8.96. The number of nitrogens with one attached hydrogen (secondary N) is 2. The Morgan fingerprint density at radius 1 is 1.16 bits per heavy atom. The fourth-order valence-electron chi connectivity index (χ4n) is 5.86. The van der Waals surface area contributed by atoms with Crippen LogP contribution >= 0.6 is 0 Å². The predicted octanol–water partition coefficient (Wildman–Crippen LogP) is 3.99. The molecule has 0 radical (unpaired) electrons. The molecule has 196 valence electrons. The van der Waals surface area contributed by atoms with Crippen LogP contribution in [0.5, 0.6) is 0 Å². The van der Waals surface area contributed by atoms with Gasteiger partial charge in [-0.15, -0.1) is 0 Å². The van der Waals surface area contributed by atoms with Crippen molar-refractivity contribution in [3.8, 4) is 11.1 Å². The van der Waals surface area contributed by atoms with Crippen LogP contribution < -0.4 is 10.0 Å². The molecule has 2 amide bonds. The summed E-state index contributed by atoms with van der Waals surface area (Å²) in [5.74, 6) is 0.403. The first-order chi connectivity index (χ1) is 18.4. The van der Waals surface area contributed by atoms with Gasteiger partial charge >= 0.3 is 6.03 Å². The molecule has 0 saturated heterocycles. The standard InChI is InChI=1S/C27H28N6O4S/c1-16-13-18-3-2-4-20(18)25(24(16)19-7-9-32-10-8-28-22(32)14-19)29-27(34)31-38(35,36)23-15-21-26(17-5-6-17)37-12-11-33(21)30-23/h7-10,13-15,17,26H,2-6,11-12H2,1H3,(H2,29,31,34)/t26-/m1/s1. The van der Waals surface area contributed by atoms with Crippen LogP contribution in [0.3, 0.4) is 0 Å². The largest absolute Gasteiger partial charge is 0.370 e. The number of rotatable bonds is 5. The quantitative estimate of drug-likeness (QED) is 0.401. The highest BCUT2D eigenvalue weighted by atomic mass is 32.2. The third-order valence-electron chi connectivity index (χ3n) is 7.76. The lowest BCUT2D eigenvalue weighted by Gasteiger charge is -2.23. The molecule has 10 nitrogen and oxygen atoms in total. The van der Waals surface area contributed by atoms with Gasteiger partial charge in [-0.3, -0.25) is 4.68 Å². The lowest BCUT2D eigenvalue weighted by molar-refractivity contribution is 0.00273. The van der Waals surface area contributed by atoms with Crippen LogP contribution in [0.15, 0.2) is 47.9 Å². The van der Waals surface area contributed by atoms with Crippen molar-refractivity contribution in [3.05, 3.63) is 65.2 Å². The molecule has 7 rings (SSSR count). The van der Waals surface area contributed by atoms with Crippen molar-refractivity contribution in [2.45, 2.75) is 56.7 Å². The second kappa shape index (κ2) is 8.67. The van der Waals surface area contributed by atoms with Gasteiger partial charge < -0.3 is 14.5 Å². The molecule has 0 unspecified atom stereocenters. The molecule has 0 bridgehead atoms. The lowest BCUT2D eigenvalue weighted by atomic mass is 9.93. The van der Waals surface area contributed by atoms with Crippen LogP contribution in [-0.2, 0) is 34.1 Å². The number of ether oxygens (including phenoxy) is 1. The van der Waals surface area contributed by atoms with Gasteiger partial charge in [-0.1, -0.05) is 6.07 Å². The van der Waals surface area contributed by atoms with Crippen LogP contribution in [-0.4, -0.2) is 40.2 Å². The van der Waals surface area contributed by atoms with Gasteiger partial charge in [0.05, 0.1) is 24.5 Å². The predicted molar refractivity (Wildman–Crippen MR) is 140 cm³/mol. The van der Waals surface area contributed by atoms with Crippen LogP contribution in [0.25, 0.3) is 16.8 Å². The molecular weight excluding hydrogens is 504 g/mol. The van der Waals surface area contributed by atoms with Crippen molar-refractivity contribution in [3.63, 3.8) is 0 Å². The van der Waals surface area contributed by atoms with Gasteiger partial charge in [0, 0.05) is 30.2 Å². The first kappa shape index (κ1) is 23.4. The van der Waals surface area contributed by atoms with E-state index in [4.69, 9.17) is 4.74 Å². The van der Waals surface area contributed by atoms with E-state index < -0.39 is 16.1 Å². The zero-order valence-corrected chi connectivity index (χ0v) is 21.8. The zero-order valence-electron chi connectivity index (χ0n) is 21.0. The minimum atomic E-state index is -4.19. The molecule has 3 aromatic heterocycles. The Kier molecular flexibility index (Phi) is 5.34. The Hall–Kier alpha value is -3.70. The SMILES string of the molecule is Cc1cc2c(c(NC(=O)NS(=O)(=O)c3cc4n(n3)CCO[C@@H]4C3CC3)c1-c1ccn3ccnc3c1)CCC2. The molecule has 3 aliphatic rings. The van der Waals surface area contributed by atoms with Gasteiger partial charge in [0.1, 0.15) is 11.8 Å². The Bertz CT molecular complexity index is 1700. The normalized spacial score (nSPS) is 18.8. The Morgan fingerprint density at radius 2 is 2.03 bits per heavy atom. The van der Waals surface area contributed by atoms with E-state index in [9.17, 15) is 13.2 Å². The molecule has 1 saturated carbocycles. The molecule has 11 heteroatoms. The first-order valence-corrected chi connectivity index (χ1v) is 14.5. The van der Waals surface area contributed by atoms with Gasteiger partial charge in [-0.2, -0.15) is 13.5 Å². The van der Waals surface area contributed by atoms with Crippen molar-refractivity contribution in [1.82, 2.24) is 23.9 Å². The second-order valence-electron chi connectivity index (χ2n) is 10.4. The van der Waals surface area contributed by atoms with Gasteiger partial charge in [0.25, 0.3) is 10.0 Å². The van der Waals surface area contributed by atoms with Gasteiger partial charge in [-0.05, 0) is 79.3 Å². The number of carbonyl (C=O) groups excluding carboxylic acids is 1. The highest BCUT2D eigenvalue weighted by Gasteiger charge is 2.38. The van der Waals surface area contributed by atoms with Crippen molar-refractivity contribution < 1.29 is 17.9 Å². The van der Waals surface area contributed by atoms with Crippen molar-refractivity contribution >= 4 is 27.4 Å². The number of carbonyl (C=O) groups is 1. The number of urea groups is 1. The highest BCUT2D eigenvalue weighted by Crippen LogP contribution is 2.45. The fraction of sp³-hybridized carbons (Fsp3) is 0.370. The average molecular weight is 533 g/mol. The van der Waals surface area contributed by atoms with E-state index in [1.54, 1.807) is 10.9 Å². The summed E-state index contributed by atoms with van der Waals surface area (Å²) in [4.78, 5) is 17.6. The number of aromatic nitrogens is 4. The number of amides is 2. The monoisotopic (exact) mass is 532 g/mol. The number of imidazole rings is 1. The average Bonchev–Trinajstić information content (AvgIpc) is 3.26. The molecule has 38 heavy (non-hydrogen) atoms. The van der Waals surface area contributed by atoms with E-state index in [2.05, 4.69) is 26.2 Å². The maximum atomic E-state index is 13.2. The maximum Gasteiger partial charge on any atom is 0.333 e. The van der Waals surface area contributed by atoms with E-state index in [1.807, 2.05) is 35.9 Å². The summed E-state index contributed by atoms with van der Waals surface area (Å²) in [7, 11) is -4.19. The summed E-state index contributed by atoms with van der Waals surface area (Å²) in [5.41, 5.74) is 7.19. The number of nitrogens with zero attached hydrogens (tertiary/aromatic N) is 4. The minimum absolute atomic E-state index is 0.140. The Labute approximate surface area is 220 Å². The summed E-state index contributed by atoms with van der Waals surface area (Å²) in [6, 6.07) is 6.84. The number of hydrogen-bond donors (Lipinski definition) is 2. The van der Waals surface area contributed by atoms with Crippen LogP contribution in [0.2, 0.25) is 0 Å². The summed E-state index contributed by atoms with van der Waals surface area (Å²) in [5, 5.41) is 7.03. The van der Waals surface area contributed by atoms with Crippen LogP contribution in [0.1, 0.15) is 47.8 Å². The van der Waals surface area contributed by atoms with E-state index in [0.717, 1.165) is 65.7 Å². The topological polar surface area (TPSA) is 120 Å². The molecule has 4 aromatic rings. The minimum Gasteiger partial charge on any atom is -0.370 e. The number of pyridine rings is 1. The van der Waals surface area contributed by atoms with Gasteiger partial charge in [0.15, 0.2) is 5.03 Å². The third kappa shape index (κ3) is 3.97. The van der Waals surface area contributed by atoms with E-state index in [-0.39, 0.29) is 11.1 Å². The second-order valence-corrected chi connectivity index (χ2v) is 12.0. The molecule has 2 aliphatic carbocycles. The number of hydrogen-bond acceptors (Lipinski definition) is 6. The first-order valence-electron chi connectivity index (χ1n) is 13.0. The Morgan fingerprint density at radius 3 is 2.87 bits per heavy atom. The fourth-order valence-corrected chi connectivity index (χ4v) is 6.74. The highest BCUT2D eigenvalue weighted by molar-refractivity contribution is 7.90. The summed E-state index contributed by atoms with van der Waals surface area (Å²) < 4.78 is 38.1. The van der Waals surface area contributed by atoms with Crippen molar-refractivity contribution in [2.75, 3.05) is 11.9 Å². The molecule has 2 N–H and O–H groups in total. The van der Waals surface area contributed by atoms with Gasteiger partial charge in [0.2, 0.25) is 0 Å². The molecule has 1 fully saturated rings. The van der Waals surface area contributed by atoms with Crippen molar-refractivity contribution in [1.29, 1.82) is 0 Å². The van der Waals surface area contributed by atoms with Crippen LogP contribution in [0, 0.1) is 12.8 Å². The molecule has 0 spiro atoms. The van der Waals surface area contributed by atoms with Gasteiger partial charge in [-0.25, -0.2) is 14.5 Å². The van der Waals surface area contributed by atoms with E-state index in [0.29, 0.717) is 24.8 Å². The van der Waals surface area contributed by atoms with Crippen LogP contribution in [0.4, 0.5) is 10.5 Å². The number of sulfonamides is 1. The number of anilines is 1. The number of fused-ring (bicyclic) bond motifs is 3. The molecule has 4 heterocycles. The van der Waals surface area contributed by atoms with E-state index in [1.165, 1.54) is 11.6 Å². The maximum absolute atomic E-state index is 13.2. The zero-order chi connectivity index (χ0) is 26.0. The molecule has 1 aromatic carbocycles. The summed E-state index contributed by atoms with van der Waals surface area (Å²) in [6.07, 6.45) is 10.2. The smallest absolute Gasteiger partial charge is 0.333 e. The number of aryl methyl sites for hydroxylation is 2. The summed E-state index contributed by atoms with van der Waals surface area (Å²) >= 11 is 0.